The van der Waals surface area contributed by atoms with E-state index >= 15 is 0 Å². The van der Waals surface area contributed by atoms with Crippen molar-refractivity contribution in [2.45, 2.75) is 19.8 Å². The smallest absolute Gasteiger partial charge is 0.152 e. The number of rotatable bonds is 2. The summed E-state index contributed by atoms with van der Waals surface area (Å²) < 4.78 is 22.6. The first kappa shape index (κ1) is 15.1. The lowest BCUT2D eigenvalue weighted by Crippen LogP contribution is -2.40. The summed E-state index contributed by atoms with van der Waals surface area (Å²) in [5, 5.41) is 0. The quantitative estimate of drug-likeness (QED) is 0.781. The highest BCUT2D eigenvalue weighted by atomic mass is 32.2. The molecule has 1 aromatic rings. The zero-order valence-electron chi connectivity index (χ0n) is 12.1. The molecule has 1 aliphatic heterocycles. The lowest BCUT2D eigenvalue weighted by atomic mass is 10.0. The van der Waals surface area contributed by atoms with Gasteiger partial charge in [0.15, 0.2) is 9.84 Å². The molecule has 0 bridgehead atoms. The van der Waals surface area contributed by atoms with Gasteiger partial charge < -0.3 is 0 Å². The summed E-state index contributed by atoms with van der Waals surface area (Å²) in [6, 6.07) is 8.32. The summed E-state index contributed by atoms with van der Waals surface area (Å²) in [5.41, 5.74) is 2.33. The number of hydrogen-bond acceptors (Lipinski definition) is 3. The minimum atomic E-state index is -2.80. The lowest BCUT2D eigenvalue weighted by Gasteiger charge is -2.24. The van der Waals surface area contributed by atoms with Gasteiger partial charge in [-0.2, -0.15) is 0 Å². The fourth-order valence-corrected chi connectivity index (χ4v) is 3.39. The zero-order chi connectivity index (χ0) is 14.6. The Kier molecular flexibility index (Phi) is 4.85. The van der Waals surface area contributed by atoms with Crippen molar-refractivity contribution < 1.29 is 8.42 Å². The Morgan fingerprint density at radius 1 is 1.15 bits per heavy atom. The third-order valence-electron chi connectivity index (χ3n) is 3.55. The molecule has 4 heteroatoms. The molecule has 1 saturated heterocycles. The second-order valence-electron chi connectivity index (χ2n) is 5.51. The first-order chi connectivity index (χ1) is 9.46. The fourth-order valence-electron chi connectivity index (χ4n) is 2.11. The molecule has 0 amide bonds. The van der Waals surface area contributed by atoms with E-state index in [1.54, 1.807) is 0 Å². The monoisotopic (exact) mass is 291 g/mol. The van der Waals surface area contributed by atoms with E-state index in [0.29, 0.717) is 25.6 Å². The van der Waals surface area contributed by atoms with Crippen LogP contribution in [0.5, 0.6) is 0 Å². The fraction of sp³-hybridized carbons (Fsp3) is 0.500. The third kappa shape index (κ3) is 4.36. The van der Waals surface area contributed by atoms with Gasteiger partial charge in [0.2, 0.25) is 0 Å². The molecule has 3 nitrogen and oxygen atoms in total. The Morgan fingerprint density at radius 2 is 1.75 bits per heavy atom. The Labute approximate surface area is 121 Å². The van der Waals surface area contributed by atoms with E-state index in [4.69, 9.17) is 0 Å². The normalized spacial score (nSPS) is 18.6. The summed E-state index contributed by atoms with van der Waals surface area (Å²) in [5.74, 6) is 7.32. The SMILES string of the molecule is CC(C)c1ccc(C#CCN2CCS(=O)(=O)CC2)cc1. The third-order valence-corrected chi connectivity index (χ3v) is 5.16. The molecule has 1 aromatic carbocycles. The van der Waals surface area contributed by atoms with E-state index < -0.39 is 9.84 Å². The Bertz CT molecular complexity index is 592. The molecule has 108 valence electrons. The summed E-state index contributed by atoms with van der Waals surface area (Å²) >= 11 is 0. The summed E-state index contributed by atoms with van der Waals surface area (Å²) in [6.45, 7) is 6.18. The second kappa shape index (κ2) is 6.43. The van der Waals surface area contributed by atoms with Gasteiger partial charge in [-0.05, 0) is 23.6 Å². The predicted molar refractivity (Wildman–Crippen MR) is 82.5 cm³/mol. The lowest BCUT2D eigenvalue weighted by molar-refractivity contribution is 0.332. The minimum Gasteiger partial charge on any atom is -0.290 e. The van der Waals surface area contributed by atoms with Gasteiger partial charge in [-0.25, -0.2) is 8.42 Å². The molecule has 1 fully saturated rings. The number of benzene rings is 1. The van der Waals surface area contributed by atoms with Crippen LogP contribution in [0, 0.1) is 11.8 Å². The minimum absolute atomic E-state index is 0.262. The van der Waals surface area contributed by atoms with Gasteiger partial charge in [0.25, 0.3) is 0 Å². The highest BCUT2D eigenvalue weighted by Crippen LogP contribution is 2.14. The van der Waals surface area contributed by atoms with Crippen molar-refractivity contribution in [3.8, 4) is 11.8 Å². The van der Waals surface area contributed by atoms with E-state index in [-0.39, 0.29) is 11.5 Å². The average molecular weight is 291 g/mol. The van der Waals surface area contributed by atoms with Gasteiger partial charge in [-0.1, -0.05) is 37.8 Å². The Balaban J connectivity index is 1.88. The van der Waals surface area contributed by atoms with E-state index in [1.807, 2.05) is 12.1 Å². The first-order valence-corrected chi connectivity index (χ1v) is 8.80. The molecule has 2 rings (SSSR count). The predicted octanol–water partition coefficient (Wildman–Crippen LogP) is 1.89. The Morgan fingerprint density at radius 3 is 2.30 bits per heavy atom. The zero-order valence-corrected chi connectivity index (χ0v) is 12.9. The van der Waals surface area contributed by atoms with Gasteiger partial charge in [0, 0.05) is 18.7 Å². The molecule has 0 radical (unpaired) electrons. The average Bonchev–Trinajstić information content (AvgIpc) is 2.41. The first-order valence-electron chi connectivity index (χ1n) is 6.98. The molecule has 0 atom stereocenters. The van der Waals surface area contributed by atoms with Crippen LogP contribution >= 0.6 is 0 Å². The van der Waals surface area contributed by atoms with Gasteiger partial charge >= 0.3 is 0 Å². The van der Waals surface area contributed by atoms with Gasteiger partial charge in [-0.3, -0.25) is 4.90 Å². The van der Waals surface area contributed by atoms with Crippen LogP contribution in [0.4, 0.5) is 0 Å². The van der Waals surface area contributed by atoms with Crippen LogP contribution in [0.25, 0.3) is 0 Å². The molecule has 0 spiro atoms. The molecule has 20 heavy (non-hydrogen) atoms. The highest BCUT2D eigenvalue weighted by Gasteiger charge is 2.20. The molecular weight excluding hydrogens is 270 g/mol. The largest absolute Gasteiger partial charge is 0.290 e. The second-order valence-corrected chi connectivity index (χ2v) is 7.81. The van der Waals surface area contributed by atoms with Crippen molar-refractivity contribution in [1.29, 1.82) is 0 Å². The maximum Gasteiger partial charge on any atom is 0.152 e. The molecule has 1 heterocycles. The molecule has 0 N–H and O–H groups in total. The number of nitrogens with zero attached hydrogens (tertiary/aromatic N) is 1. The van der Waals surface area contributed by atoms with Gasteiger partial charge in [0.1, 0.15) is 0 Å². The van der Waals surface area contributed by atoms with Crippen LogP contribution in [0.1, 0.15) is 30.9 Å². The van der Waals surface area contributed by atoms with Crippen molar-refractivity contribution in [1.82, 2.24) is 4.90 Å². The molecule has 0 aliphatic carbocycles. The van der Waals surface area contributed by atoms with E-state index in [2.05, 4.69) is 42.7 Å². The van der Waals surface area contributed by atoms with Gasteiger partial charge in [0.05, 0.1) is 18.1 Å². The summed E-state index contributed by atoms with van der Waals surface area (Å²) in [4.78, 5) is 2.09. The van der Waals surface area contributed by atoms with Crippen molar-refractivity contribution in [3.05, 3.63) is 35.4 Å². The summed E-state index contributed by atoms with van der Waals surface area (Å²) in [6.07, 6.45) is 0. The van der Waals surface area contributed by atoms with Crippen LogP contribution in [-0.2, 0) is 9.84 Å². The van der Waals surface area contributed by atoms with E-state index in [1.165, 1.54) is 5.56 Å². The number of hydrogen-bond donors (Lipinski definition) is 0. The van der Waals surface area contributed by atoms with Crippen LogP contribution in [0.15, 0.2) is 24.3 Å². The molecule has 1 aliphatic rings. The van der Waals surface area contributed by atoms with Crippen LogP contribution in [0.2, 0.25) is 0 Å². The molecule has 0 unspecified atom stereocenters. The van der Waals surface area contributed by atoms with E-state index in [0.717, 1.165) is 5.56 Å². The van der Waals surface area contributed by atoms with Crippen LogP contribution in [-0.4, -0.2) is 44.5 Å². The molecule has 0 saturated carbocycles. The van der Waals surface area contributed by atoms with Crippen LogP contribution < -0.4 is 0 Å². The standard InChI is InChI=1S/C16H21NO2S/c1-14(2)16-7-5-15(6-8-16)4-3-9-17-10-12-20(18,19)13-11-17/h5-8,14H,9-13H2,1-2H3. The van der Waals surface area contributed by atoms with Gasteiger partial charge in [-0.15, -0.1) is 0 Å². The van der Waals surface area contributed by atoms with Crippen molar-refractivity contribution in [2.24, 2.45) is 0 Å². The van der Waals surface area contributed by atoms with Crippen molar-refractivity contribution >= 4 is 9.84 Å². The van der Waals surface area contributed by atoms with Crippen molar-refractivity contribution in [3.63, 3.8) is 0 Å². The number of sulfone groups is 1. The molecular formula is C16H21NO2S. The topological polar surface area (TPSA) is 37.4 Å². The maximum atomic E-state index is 11.3. The van der Waals surface area contributed by atoms with E-state index in [9.17, 15) is 8.42 Å². The maximum absolute atomic E-state index is 11.3. The van der Waals surface area contributed by atoms with Crippen molar-refractivity contribution in [2.75, 3.05) is 31.1 Å². The summed E-state index contributed by atoms with van der Waals surface area (Å²) in [7, 11) is -2.80. The molecule has 0 aromatic heterocycles. The Hall–Kier alpha value is -1.31. The van der Waals surface area contributed by atoms with Crippen LogP contribution in [0.3, 0.4) is 0 Å². The highest BCUT2D eigenvalue weighted by molar-refractivity contribution is 7.91.